The summed E-state index contributed by atoms with van der Waals surface area (Å²) in [5, 5.41) is 9.74. The van der Waals surface area contributed by atoms with Gasteiger partial charge in [0.05, 0.1) is 29.9 Å². The van der Waals surface area contributed by atoms with Gasteiger partial charge in [0.1, 0.15) is 0 Å². The van der Waals surface area contributed by atoms with Crippen LogP contribution in [0.3, 0.4) is 0 Å². The van der Waals surface area contributed by atoms with Crippen molar-refractivity contribution in [1.82, 2.24) is 0 Å². The molecule has 2 aromatic carbocycles. The molecule has 0 heterocycles. The van der Waals surface area contributed by atoms with Crippen LogP contribution in [0.1, 0.15) is 17.3 Å². The van der Waals surface area contributed by atoms with Gasteiger partial charge in [0.15, 0.2) is 11.5 Å². The summed E-state index contributed by atoms with van der Waals surface area (Å²) in [4.78, 5) is 11.8. The zero-order chi connectivity index (χ0) is 18.6. The van der Waals surface area contributed by atoms with Crippen molar-refractivity contribution >= 4 is 37.6 Å². The molecule has 0 saturated heterocycles. The first-order valence-electron chi connectivity index (χ1n) is 7.15. The Morgan fingerprint density at radius 2 is 1.96 bits per heavy atom. The minimum atomic E-state index is -3.97. The quantitative estimate of drug-likeness (QED) is 0.683. The molecule has 0 aliphatic carbocycles. The smallest absolute Gasteiger partial charge is 0.339 e. The number of anilines is 1. The summed E-state index contributed by atoms with van der Waals surface area (Å²) in [6.07, 6.45) is 0. The molecular formula is C16H16BrNO6S. The van der Waals surface area contributed by atoms with Crippen molar-refractivity contribution < 1.29 is 27.8 Å². The highest BCUT2D eigenvalue weighted by molar-refractivity contribution is 9.10. The molecule has 9 heteroatoms. The zero-order valence-corrected chi connectivity index (χ0v) is 15.8. The van der Waals surface area contributed by atoms with Crippen molar-refractivity contribution in [3.63, 3.8) is 0 Å². The van der Waals surface area contributed by atoms with Crippen molar-refractivity contribution in [3.05, 3.63) is 46.4 Å². The van der Waals surface area contributed by atoms with Crippen LogP contribution in [-0.4, -0.2) is 33.2 Å². The zero-order valence-electron chi connectivity index (χ0n) is 13.4. The summed E-state index contributed by atoms with van der Waals surface area (Å²) >= 11 is 3.20. The van der Waals surface area contributed by atoms with Crippen LogP contribution in [0, 0.1) is 0 Å². The molecule has 0 bridgehead atoms. The van der Waals surface area contributed by atoms with Crippen LogP contribution in [0.5, 0.6) is 11.5 Å². The van der Waals surface area contributed by atoms with E-state index in [1.807, 2.05) is 0 Å². The van der Waals surface area contributed by atoms with E-state index in [-0.39, 0.29) is 34.3 Å². The molecule has 0 aliphatic heterocycles. The number of phenolic OH excluding ortho intramolecular Hbond substituents is 1. The molecular weight excluding hydrogens is 414 g/mol. The molecule has 2 N–H and O–H groups in total. The number of carbonyl (C=O) groups excluding carboxylic acids is 1. The van der Waals surface area contributed by atoms with E-state index >= 15 is 0 Å². The molecule has 134 valence electrons. The Morgan fingerprint density at radius 1 is 1.24 bits per heavy atom. The van der Waals surface area contributed by atoms with E-state index in [0.29, 0.717) is 4.47 Å². The summed E-state index contributed by atoms with van der Waals surface area (Å²) in [5.41, 5.74) is 0.251. The first-order valence-corrected chi connectivity index (χ1v) is 9.42. The molecule has 0 fully saturated rings. The van der Waals surface area contributed by atoms with Gasteiger partial charge >= 0.3 is 5.97 Å². The number of carbonyl (C=O) groups is 1. The van der Waals surface area contributed by atoms with E-state index in [4.69, 9.17) is 9.47 Å². The first-order chi connectivity index (χ1) is 11.8. The molecule has 2 rings (SSSR count). The maximum Gasteiger partial charge on any atom is 0.339 e. The van der Waals surface area contributed by atoms with Crippen LogP contribution in [0.4, 0.5) is 5.69 Å². The summed E-state index contributed by atoms with van der Waals surface area (Å²) in [6.45, 7) is 1.83. The average Bonchev–Trinajstić information content (AvgIpc) is 2.55. The molecule has 25 heavy (non-hydrogen) atoms. The van der Waals surface area contributed by atoms with E-state index in [9.17, 15) is 18.3 Å². The van der Waals surface area contributed by atoms with Crippen molar-refractivity contribution in [1.29, 1.82) is 0 Å². The van der Waals surface area contributed by atoms with Gasteiger partial charge in [0.2, 0.25) is 0 Å². The standard InChI is InChI=1S/C16H16BrNO6S/c1-3-24-16(20)12-9-11(5-6-13(12)17)25(21,22)18-10-4-7-15(23-2)14(19)8-10/h4-9,18-19H,3H2,1-2H3. The molecule has 0 aromatic heterocycles. The Bertz CT molecular complexity index is 897. The lowest BCUT2D eigenvalue weighted by molar-refractivity contribution is 0.0525. The summed E-state index contributed by atoms with van der Waals surface area (Å²) < 4.78 is 37.6. The van der Waals surface area contributed by atoms with E-state index < -0.39 is 16.0 Å². The number of esters is 1. The van der Waals surface area contributed by atoms with Gasteiger partial charge < -0.3 is 14.6 Å². The van der Waals surface area contributed by atoms with E-state index in [0.717, 1.165) is 0 Å². The Morgan fingerprint density at radius 3 is 2.56 bits per heavy atom. The number of benzene rings is 2. The first kappa shape index (κ1) is 19.1. The van der Waals surface area contributed by atoms with E-state index in [2.05, 4.69) is 20.7 Å². The fraction of sp³-hybridized carbons (Fsp3) is 0.188. The number of methoxy groups -OCH3 is 1. The van der Waals surface area contributed by atoms with E-state index in [1.165, 1.54) is 43.5 Å². The van der Waals surface area contributed by atoms with Gasteiger partial charge in [-0.15, -0.1) is 0 Å². The molecule has 0 saturated carbocycles. The predicted octanol–water partition coefficient (Wildman–Crippen LogP) is 3.14. The lowest BCUT2D eigenvalue weighted by Crippen LogP contribution is -2.14. The van der Waals surface area contributed by atoms with Crippen LogP contribution in [0.25, 0.3) is 0 Å². The maximum absolute atomic E-state index is 12.5. The normalized spacial score (nSPS) is 11.0. The lowest BCUT2D eigenvalue weighted by atomic mass is 10.2. The van der Waals surface area contributed by atoms with Crippen molar-refractivity contribution in [3.8, 4) is 11.5 Å². The summed E-state index contributed by atoms with van der Waals surface area (Å²) in [6, 6.07) is 8.11. The third-order valence-electron chi connectivity index (χ3n) is 3.17. The number of aromatic hydroxyl groups is 1. The largest absolute Gasteiger partial charge is 0.504 e. The second kappa shape index (κ2) is 7.75. The number of hydrogen-bond donors (Lipinski definition) is 2. The number of ether oxygens (including phenoxy) is 2. The van der Waals surface area contributed by atoms with Gasteiger partial charge in [-0.1, -0.05) is 0 Å². The molecule has 0 aliphatic rings. The highest BCUT2D eigenvalue weighted by atomic mass is 79.9. The van der Waals surface area contributed by atoms with Gasteiger partial charge in [-0.2, -0.15) is 0 Å². The average molecular weight is 430 g/mol. The Hall–Kier alpha value is -2.26. The molecule has 2 aromatic rings. The summed E-state index contributed by atoms with van der Waals surface area (Å²) in [7, 11) is -2.58. The minimum absolute atomic E-state index is 0.0994. The van der Waals surface area contributed by atoms with Gasteiger partial charge in [-0.05, 0) is 53.2 Å². The Balaban J connectivity index is 2.35. The highest BCUT2D eigenvalue weighted by Crippen LogP contribution is 2.30. The molecule has 0 atom stereocenters. The molecule has 0 unspecified atom stereocenters. The topological polar surface area (TPSA) is 102 Å². The lowest BCUT2D eigenvalue weighted by Gasteiger charge is -2.11. The monoisotopic (exact) mass is 429 g/mol. The highest BCUT2D eigenvalue weighted by Gasteiger charge is 2.20. The van der Waals surface area contributed by atoms with E-state index in [1.54, 1.807) is 6.92 Å². The fourth-order valence-corrected chi connectivity index (χ4v) is 3.49. The third-order valence-corrected chi connectivity index (χ3v) is 5.25. The van der Waals surface area contributed by atoms with Crippen molar-refractivity contribution in [2.75, 3.05) is 18.4 Å². The second-order valence-corrected chi connectivity index (χ2v) is 7.39. The number of rotatable bonds is 6. The number of halogens is 1. The Labute approximate surface area is 153 Å². The van der Waals surface area contributed by atoms with Crippen molar-refractivity contribution in [2.24, 2.45) is 0 Å². The fourth-order valence-electron chi connectivity index (χ4n) is 2.00. The van der Waals surface area contributed by atoms with Gasteiger partial charge in [0.25, 0.3) is 10.0 Å². The second-order valence-electron chi connectivity index (χ2n) is 4.85. The number of phenols is 1. The molecule has 0 spiro atoms. The van der Waals surface area contributed by atoms with Gasteiger partial charge in [-0.3, -0.25) is 4.72 Å². The van der Waals surface area contributed by atoms with Crippen LogP contribution in [0.15, 0.2) is 45.8 Å². The SMILES string of the molecule is CCOC(=O)c1cc(S(=O)(=O)Nc2ccc(OC)c(O)c2)ccc1Br. The predicted molar refractivity (Wildman–Crippen MR) is 95.6 cm³/mol. The number of nitrogens with one attached hydrogen (secondary N) is 1. The summed E-state index contributed by atoms with van der Waals surface area (Å²) in [5.74, 6) is -0.615. The molecule has 0 amide bonds. The molecule has 0 radical (unpaired) electrons. The van der Waals surface area contributed by atoms with Crippen LogP contribution in [-0.2, 0) is 14.8 Å². The van der Waals surface area contributed by atoms with Crippen LogP contribution in [0.2, 0.25) is 0 Å². The van der Waals surface area contributed by atoms with Crippen molar-refractivity contribution in [2.45, 2.75) is 11.8 Å². The van der Waals surface area contributed by atoms with Gasteiger partial charge in [0, 0.05) is 10.5 Å². The Kier molecular flexibility index (Phi) is 5.91. The van der Waals surface area contributed by atoms with Crippen LogP contribution >= 0.6 is 15.9 Å². The molecule has 7 nitrogen and oxygen atoms in total. The van der Waals surface area contributed by atoms with Crippen LogP contribution < -0.4 is 9.46 Å². The van der Waals surface area contributed by atoms with Gasteiger partial charge in [-0.25, -0.2) is 13.2 Å². The minimum Gasteiger partial charge on any atom is -0.504 e. The maximum atomic E-state index is 12.5. The number of sulfonamides is 1. The third kappa shape index (κ3) is 4.43. The number of hydrogen-bond acceptors (Lipinski definition) is 6.